The summed E-state index contributed by atoms with van der Waals surface area (Å²) in [6, 6.07) is 0.454. The Hall–Kier alpha value is -0.570. The van der Waals surface area contributed by atoms with Gasteiger partial charge in [-0.1, -0.05) is 6.42 Å². The van der Waals surface area contributed by atoms with E-state index in [4.69, 9.17) is 0 Å². The standard InChI is InChI=1S/C15H26N2O/c1-16-10-13-4-2-3-7-17(13)15(18)14-9-11-5-6-12(14)8-11/h11-14,16H,2-10H2,1H3. The van der Waals surface area contributed by atoms with Gasteiger partial charge in [-0.3, -0.25) is 4.79 Å². The van der Waals surface area contributed by atoms with Gasteiger partial charge in [-0.05, 0) is 57.4 Å². The Morgan fingerprint density at radius 2 is 2.11 bits per heavy atom. The van der Waals surface area contributed by atoms with Gasteiger partial charge < -0.3 is 10.2 Å². The number of likely N-dealkylation sites (tertiary alicyclic amines) is 1. The van der Waals surface area contributed by atoms with Crippen LogP contribution in [0.1, 0.15) is 44.9 Å². The smallest absolute Gasteiger partial charge is 0.226 e. The molecular formula is C15H26N2O. The molecule has 1 aliphatic heterocycles. The largest absolute Gasteiger partial charge is 0.338 e. The summed E-state index contributed by atoms with van der Waals surface area (Å²) >= 11 is 0. The first-order valence-corrected chi connectivity index (χ1v) is 7.74. The zero-order valence-corrected chi connectivity index (χ0v) is 11.5. The van der Waals surface area contributed by atoms with Gasteiger partial charge in [0, 0.05) is 25.0 Å². The zero-order valence-electron chi connectivity index (χ0n) is 11.5. The number of carbonyl (C=O) groups excluding carboxylic acids is 1. The van der Waals surface area contributed by atoms with E-state index in [0.29, 0.717) is 17.9 Å². The van der Waals surface area contributed by atoms with Crippen LogP contribution in [-0.4, -0.2) is 37.0 Å². The average molecular weight is 250 g/mol. The van der Waals surface area contributed by atoms with Crippen LogP contribution in [0.3, 0.4) is 0 Å². The lowest BCUT2D eigenvalue weighted by molar-refractivity contribution is -0.140. The molecule has 3 nitrogen and oxygen atoms in total. The molecule has 3 aliphatic rings. The maximum absolute atomic E-state index is 12.8. The van der Waals surface area contributed by atoms with Crippen molar-refractivity contribution in [1.82, 2.24) is 10.2 Å². The maximum atomic E-state index is 12.8. The maximum Gasteiger partial charge on any atom is 0.226 e. The number of hydrogen-bond donors (Lipinski definition) is 1. The van der Waals surface area contributed by atoms with Crippen LogP contribution in [0.4, 0.5) is 0 Å². The quantitative estimate of drug-likeness (QED) is 0.831. The zero-order chi connectivity index (χ0) is 12.5. The van der Waals surface area contributed by atoms with Crippen LogP contribution in [0, 0.1) is 17.8 Å². The van der Waals surface area contributed by atoms with Gasteiger partial charge in [-0.25, -0.2) is 0 Å². The van der Waals surface area contributed by atoms with Crippen molar-refractivity contribution in [2.45, 2.75) is 51.0 Å². The molecule has 102 valence electrons. The number of amides is 1. The lowest BCUT2D eigenvalue weighted by Crippen LogP contribution is -2.50. The fourth-order valence-corrected chi connectivity index (χ4v) is 4.50. The summed E-state index contributed by atoms with van der Waals surface area (Å²) in [6.45, 7) is 1.96. The fraction of sp³-hybridized carbons (Fsp3) is 0.933. The van der Waals surface area contributed by atoms with Crippen LogP contribution in [-0.2, 0) is 4.79 Å². The predicted molar refractivity (Wildman–Crippen MR) is 72.2 cm³/mol. The molecule has 3 heteroatoms. The Morgan fingerprint density at radius 1 is 1.22 bits per heavy atom. The molecule has 2 bridgehead atoms. The van der Waals surface area contributed by atoms with Crippen molar-refractivity contribution in [2.75, 3.05) is 20.1 Å². The number of piperidine rings is 1. The predicted octanol–water partition coefficient (Wildman–Crippen LogP) is 2.02. The molecular weight excluding hydrogens is 224 g/mol. The molecule has 0 aromatic rings. The van der Waals surface area contributed by atoms with Gasteiger partial charge in [0.25, 0.3) is 0 Å². The molecule has 0 aromatic carbocycles. The van der Waals surface area contributed by atoms with Crippen LogP contribution < -0.4 is 5.32 Å². The molecule has 0 aromatic heterocycles. The summed E-state index contributed by atoms with van der Waals surface area (Å²) in [5.41, 5.74) is 0. The molecule has 1 N–H and O–H groups in total. The third-order valence-corrected chi connectivity index (χ3v) is 5.41. The van der Waals surface area contributed by atoms with Crippen molar-refractivity contribution in [3.05, 3.63) is 0 Å². The Morgan fingerprint density at radius 3 is 2.78 bits per heavy atom. The number of nitrogens with zero attached hydrogens (tertiary/aromatic N) is 1. The molecule has 1 saturated heterocycles. The fourth-order valence-electron chi connectivity index (χ4n) is 4.50. The Bertz CT molecular complexity index is 316. The molecule has 0 radical (unpaired) electrons. The van der Waals surface area contributed by atoms with Crippen molar-refractivity contribution in [1.29, 1.82) is 0 Å². The summed E-state index contributed by atoms with van der Waals surface area (Å²) in [4.78, 5) is 15.0. The van der Waals surface area contributed by atoms with Crippen LogP contribution in [0.2, 0.25) is 0 Å². The highest BCUT2D eigenvalue weighted by atomic mass is 16.2. The monoisotopic (exact) mass is 250 g/mol. The highest BCUT2D eigenvalue weighted by Crippen LogP contribution is 2.49. The topological polar surface area (TPSA) is 32.3 Å². The van der Waals surface area contributed by atoms with E-state index in [1.807, 2.05) is 7.05 Å². The molecule has 2 saturated carbocycles. The van der Waals surface area contributed by atoms with Crippen LogP contribution >= 0.6 is 0 Å². The van der Waals surface area contributed by atoms with Crippen molar-refractivity contribution < 1.29 is 4.79 Å². The SMILES string of the molecule is CNCC1CCCCN1C(=O)C1CC2CCC1C2. The first-order valence-electron chi connectivity index (χ1n) is 7.74. The number of hydrogen-bond acceptors (Lipinski definition) is 2. The van der Waals surface area contributed by atoms with E-state index < -0.39 is 0 Å². The van der Waals surface area contributed by atoms with E-state index in [0.717, 1.165) is 24.9 Å². The molecule has 2 aliphatic carbocycles. The van der Waals surface area contributed by atoms with Crippen molar-refractivity contribution in [3.8, 4) is 0 Å². The molecule has 1 heterocycles. The number of rotatable bonds is 3. The van der Waals surface area contributed by atoms with Crippen molar-refractivity contribution in [3.63, 3.8) is 0 Å². The summed E-state index contributed by atoms with van der Waals surface area (Å²) in [5.74, 6) is 2.46. The Labute approximate surface area is 110 Å². The van der Waals surface area contributed by atoms with E-state index >= 15 is 0 Å². The number of likely N-dealkylation sites (N-methyl/N-ethyl adjacent to an activating group) is 1. The molecule has 0 spiro atoms. The van der Waals surface area contributed by atoms with Gasteiger partial charge in [0.05, 0.1) is 0 Å². The van der Waals surface area contributed by atoms with Gasteiger partial charge in [-0.2, -0.15) is 0 Å². The highest BCUT2D eigenvalue weighted by molar-refractivity contribution is 5.80. The molecule has 4 unspecified atom stereocenters. The molecule has 3 rings (SSSR count). The van der Waals surface area contributed by atoms with Crippen LogP contribution in [0.25, 0.3) is 0 Å². The normalized spacial score (nSPS) is 39.3. The minimum Gasteiger partial charge on any atom is -0.338 e. The van der Waals surface area contributed by atoms with Gasteiger partial charge in [0.15, 0.2) is 0 Å². The molecule has 1 amide bonds. The summed E-state index contributed by atoms with van der Waals surface area (Å²) in [7, 11) is 1.99. The van der Waals surface area contributed by atoms with Gasteiger partial charge in [0.2, 0.25) is 5.91 Å². The lowest BCUT2D eigenvalue weighted by Gasteiger charge is -2.38. The number of nitrogens with one attached hydrogen (secondary N) is 1. The van der Waals surface area contributed by atoms with Gasteiger partial charge >= 0.3 is 0 Å². The van der Waals surface area contributed by atoms with Gasteiger partial charge in [-0.15, -0.1) is 0 Å². The minimum absolute atomic E-state index is 0.376. The minimum atomic E-state index is 0.376. The molecule has 3 fully saturated rings. The summed E-state index contributed by atoms with van der Waals surface area (Å²) in [6.07, 6.45) is 8.89. The molecule has 18 heavy (non-hydrogen) atoms. The van der Waals surface area contributed by atoms with E-state index in [1.54, 1.807) is 0 Å². The third kappa shape index (κ3) is 2.18. The second-order valence-corrected chi connectivity index (χ2v) is 6.52. The first kappa shape index (κ1) is 12.5. The first-order chi connectivity index (χ1) is 8.79. The average Bonchev–Trinajstić information content (AvgIpc) is 3.01. The number of carbonyl (C=O) groups is 1. The van der Waals surface area contributed by atoms with Crippen LogP contribution in [0.5, 0.6) is 0 Å². The number of fused-ring (bicyclic) bond motifs is 2. The summed E-state index contributed by atoms with van der Waals surface area (Å²) in [5, 5.41) is 3.25. The molecule has 4 atom stereocenters. The van der Waals surface area contributed by atoms with E-state index in [9.17, 15) is 4.79 Å². The van der Waals surface area contributed by atoms with Gasteiger partial charge in [0.1, 0.15) is 0 Å². The van der Waals surface area contributed by atoms with Crippen molar-refractivity contribution >= 4 is 5.91 Å². The Balaban J connectivity index is 1.66. The van der Waals surface area contributed by atoms with Crippen molar-refractivity contribution in [2.24, 2.45) is 17.8 Å². The third-order valence-electron chi connectivity index (χ3n) is 5.41. The second kappa shape index (κ2) is 5.20. The Kier molecular flexibility index (Phi) is 3.60. The highest BCUT2D eigenvalue weighted by Gasteiger charge is 2.45. The van der Waals surface area contributed by atoms with E-state index in [-0.39, 0.29) is 0 Å². The van der Waals surface area contributed by atoms with Crippen LogP contribution in [0.15, 0.2) is 0 Å². The summed E-state index contributed by atoms with van der Waals surface area (Å²) < 4.78 is 0. The second-order valence-electron chi connectivity index (χ2n) is 6.52. The lowest BCUT2D eigenvalue weighted by atomic mass is 9.86. The van der Waals surface area contributed by atoms with E-state index in [2.05, 4.69) is 10.2 Å². The van der Waals surface area contributed by atoms with E-state index in [1.165, 1.54) is 44.9 Å².